The summed E-state index contributed by atoms with van der Waals surface area (Å²) in [6.45, 7) is 5.04. The van der Waals surface area contributed by atoms with Crippen molar-refractivity contribution in [3.05, 3.63) is 46.8 Å². The molecule has 0 bridgehead atoms. The van der Waals surface area contributed by atoms with Gasteiger partial charge in [0.2, 0.25) is 0 Å². The second kappa shape index (κ2) is 6.14. The van der Waals surface area contributed by atoms with Crippen LogP contribution in [0.4, 0.5) is 4.39 Å². The molecule has 1 nitrogen and oxygen atoms in total. The van der Waals surface area contributed by atoms with Gasteiger partial charge in [0, 0.05) is 0 Å². The lowest BCUT2D eigenvalue weighted by Gasteiger charge is -2.26. The van der Waals surface area contributed by atoms with E-state index in [9.17, 15) is 4.39 Å². The first-order valence-corrected chi connectivity index (χ1v) is 6.90. The van der Waals surface area contributed by atoms with Gasteiger partial charge in [-0.2, -0.15) is 0 Å². The molecule has 2 heteroatoms. The molecule has 1 atom stereocenters. The molecule has 1 N–H and O–H groups in total. The normalized spacial score (nSPS) is 17.4. The molecule has 18 heavy (non-hydrogen) atoms. The molecule has 0 saturated heterocycles. The zero-order chi connectivity index (χ0) is 13.0. The number of likely N-dealkylation sites (N-methyl/N-ethyl adjacent to an activating group) is 1. The molecule has 0 spiro atoms. The van der Waals surface area contributed by atoms with Crippen LogP contribution in [0.1, 0.15) is 49.8 Å². The Hall–Kier alpha value is -1.15. The molecule has 1 aliphatic rings. The maximum Gasteiger partial charge on any atom is 0.123 e. The van der Waals surface area contributed by atoms with Gasteiger partial charge >= 0.3 is 0 Å². The van der Waals surface area contributed by atoms with Crippen LogP contribution in [0.25, 0.3) is 0 Å². The minimum atomic E-state index is -0.149. The van der Waals surface area contributed by atoms with Gasteiger partial charge in [-0.25, -0.2) is 4.39 Å². The molecular weight excluding hydrogens is 225 g/mol. The summed E-state index contributed by atoms with van der Waals surface area (Å²) in [5, 5.41) is 3.54. The van der Waals surface area contributed by atoms with Crippen LogP contribution in [0.5, 0.6) is 0 Å². The molecule has 1 aromatic carbocycles. The topological polar surface area (TPSA) is 12.0 Å². The first kappa shape index (κ1) is 13.3. The minimum Gasteiger partial charge on any atom is -0.307 e. The summed E-state index contributed by atoms with van der Waals surface area (Å²) in [4.78, 5) is 0. The van der Waals surface area contributed by atoms with Crippen molar-refractivity contribution in [2.75, 3.05) is 6.54 Å². The highest BCUT2D eigenvalue weighted by Gasteiger charge is 2.19. The van der Waals surface area contributed by atoms with Crippen molar-refractivity contribution in [3.63, 3.8) is 0 Å². The maximum absolute atomic E-state index is 13.2. The predicted molar refractivity (Wildman–Crippen MR) is 74.1 cm³/mol. The number of rotatable bonds is 4. The van der Waals surface area contributed by atoms with Gasteiger partial charge in [-0.3, -0.25) is 0 Å². The van der Waals surface area contributed by atoms with Gasteiger partial charge in [0.25, 0.3) is 0 Å². The van der Waals surface area contributed by atoms with Gasteiger partial charge < -0.3 is 5.32 Å². The summed E-state index contributed by atoms with van der Waals surface area (Å²) in [6.07, 6.45) is 7.27. The molecular formula is C16H22FN. The number of hydrogen-bond acceptors (Lipinski definition) is 1. The Labute approximate surface area is 109 Å². The molecule has 2 rings (SSSR count). The number of halogens is 1. The van der Waals surface area contributed by atoms with Crippen LogP contribution in [0.3, 0.4) is 0 Å². The van der Waals surface area contributed by atoms with E-state index < -0.39 is 0 Å². The van der Waals surface area contributed by atoms with Crippen molar-refractivity contribution in [2.24, 2.45) is 0 Å². The average Bonchev–Trinajstić information content (AvgIpc) is 2.38. The highest BCUT2D eigenvalue weighted by atomic mass is 19.1. The monoisotopic (exact) mass is 247 g/mol. The van der Waals surface area contributed by atoms with Gasteiger partial charge in [0.1, 0.15) is 5.82 Å². The molecule has 1 unspecified atom stereocenters. The van der Waals surface area contributed by atoms with Gasteiger partial charge in [-0.05, 0) is 62.4 Å². The Balaban J connectivity index is 2.31. The van der Waals surface area contributed by atoms with E-state index in [1.807, 2.05) is 13.0 Å². The molecule has 0 aliphatic heterocycles. The van der Waals surface area contributed by atoms with E-state index in [1.165, 1.54) is 30.4 Å². The highest BCUT2D eigenvalue weighted by molar-refractivity contribution is 5.35. The zero-order valence-corrected chi connectivity index (χ0v) is 11.3. The van der Waals surface area contributed by atoms with Crippen LogP contribution in [0, 0.1) is 12.7 Å². The SMILES string of the molecule is CCNC(C1=CCCCC1)c1ccc(F)cc1C. The molecule has 1 aliphatic carbocycles. The smallest absolute Gasteiger partial charge is 0.123 e. The van der Waals surface area contributed by atoms with Gasteiger partial charge in [0.15, 0.2) is 0 Å². The third-order valence-electron chi connectivity index (χ3n) is 3.65. The third-order valence-corrected chi connectivity index (χ3v) is 3.65. The second-order valence-corrected chi connectivity index (χ2v) is 5.02. The summed E-state index contributed by atoms with van der Waals surface area (Å²) in [7, 11) is 0. The van der Waals surface area contributed by atoms with E-state index >= 15 is 0 Å². The number of aryl methyl sites for hydroxylation is 1. The standard InChI is InChI=1S/C16H22FN/c1-3-18-16(13-7-5-4-6-8-13)15-10-9-14(17)11-12(15)2/h7,9-11,16,18H,3-6,8H2,1-2H3. The van der Waals surface area contributed by atoms with Crippen molar-refractivity contribution < 1.29 is 4.39 Å². The average molecular weight is 247 g/mol. The summed E-state index contributed by atoms with van der Waals surface area (Å²) in [5.74, 6) is -0.149. The number of hydrogen-bond donors (Lipinski definition) is 1. The maximum atomic E-state index is 13.2. The zero-order valence-electron chi connectivity index (χ0n) is 11.3. The second-order valence-electron chi connectivity index (χ2n) is 5.02. The van der Waals surface area contributed by atoms with Crippen molar-refractivity contribution in [1.29, 1.82) is 0 Å². The van der Waals surface area contributed by atoms with E-state index in [-0.39, 0.29) is 11.9 Å². The van der Waals surface area contributed by atoms with Crippen molar-refractivity contribution in [2.45, 2.75) is 45.6 Å². The summed E-state index contributed by atoms with van der Waals surface area (Å²) >= 11 is 0. The molecule has 1 aromatic rings. The van der Waals surface area contributed by atoms with Crippen LogP contribution >= 0.6 is 0 Å². The van der Waals surface area contributed by atoms with E-state index in [0.717, 1.165) is 18.5 Å². The van der Waals surface area contributed by atoms with E-state index in [2.05, 4.69) is 18.3 Å². The summed E-state index contributed by atoms with van der Waals surface area (Å²) < 4.78 is 13.2. The van der Waals surface area contributed by atoms with Crippen LogP contribution in [0.2, 0.25) is 0 Å². The lowest BCUT2D eigenvalue weighted by atomic mass is 9.88. The Bertz CT molecular complexity index is 437. The van der Waals surface area contributed by atoms with E-state index in [4.69, 9.17) is 0 Å². The predicted octanol–water partition coefficient (Wildman–Crippen LogP) is 4.29. The van der Waals surface area contributed by atoms with Crippen LogP contribution in [-0.4, -0.2) is 6.54 Å². The van der Waals surface area contributed by atoms with Crippen LogP contribution < -0.4 is 5.32 Å². The first-order chi connectivity index (χ1) is 8.72. The Kier molecular flexibility index (Phi) is 4.54. The fourth-order valence-corrected chi connectivity index (χ4v) is 2.73. The molecule has 0 aromatic heterocycles. The molecule has 0 radical (unpaired) electrons. The molecule has 0 saturated carbocycles. The minimum absolute atomic E-state index is 0.149. The fourth-order valence-electron chi connectivity index (χ4n) is 2.73. The Morgan fingerprint density at radius 1 is 1.33 bits per heavy atom. The highest BCUT2D eigenvalue weighted by Crippen LogP contribution is 2.31. The Morgan fingerprint density at radius 2 is 2.17 bits per heavy atom. The molecule has 0 amide bonds. The summed E-state index contributed by atoms with van der Waals surface area (Å²) in [6, 6.07) is 5.38. The largest absolute Gasteiger partial charge is 0.307 e. The number of nitrogens with one attached hydrogen (secondary N) is 1. The third kappa shape index (κ3) is 2.99. The van der Waals surface area contributed by atoms with E-state index in [1.54, 1.807) is 12.1 Å². The number of allylic oxidation sites excluding steroid dienone is 1. The van der Waals surface area contributed by atoms with Crippen molar-refractivity contribution >= 4 is 0 Å². The summed E-state index contributed by atoms with van der Waals surface area (Å²) in [5.41, 5.74) is 3.72. The molecule has 0 fully saturated rings. The van der Waals surface area contributed by atoms with Crippen molar-refractivity contribution in [1.82, 2.24) is 5.32 Å². The fraction of sp³-hybridized carbons (Fsp3) is 0.500. The quantitative estimate of drug-likeness (QED) is 0.783. The van der Waals surface area contributed by atoms with E-state index in [0.29, 0.717) is 0 Å². The first-order valence-electron chi connectivity index (χ1n) is 6.90. The Morgan fingerprint density at radius 3 is 2.78 bits per heavy atom. The lowest BCUT2D eigenvalue weighted by molar-refractivity contribution is 0.559. The molecule has 0 heterocycles. The van der Waals surface area contributed by atoms with Gasteiger partial charge in [-0.15, -0.1) is 0 Å². The lowest BCUT2D eigenvalue weighted by Crippen LogP contribution is -2.24. The van der Waals surface area contributed by atoms with Gasteiger partial charge in [-0.1, -0.05) is 24.6 Å². The van der Waals surface area contributed by atoms with Crippen molar-refractivity contribution in [3.8, 4) is 0 Å². The van der Waals surface area contributed by atoms with Gasteiger partial charge in [0.05, 0.1) is 6.04 Å². The van der Waals surface area contributed by atoms with Crippen LogP contribution in [0.15, 0.2) is 29.8 Å². The molecule has 98 valence electrons. The van der Waals surface area contributed by atoms with Crippen LogP contribution in [-0.2, 0) is 0 Å². The number of benzene rings is 1.